The number of phosphoric acid groups is 1. The second-order valence-corrected chi connectivity index (χ2v) is 10.6. The van der Waals surface area contributed by atoms with E-state index in [1.807, 2.05) is 0 Å². The number of nitrogens with zero attached hydrogens (tertiary/aromatic N) is 1. The maximum Gasteiger partial charge on any atom is 0.587 e. The van der Waals surface area contributed by atoms with Gasteiger partial charge in [-0.15, -0.1) is 0 Å². The molecule has 39 heavy (non-hydrogen) atoms. The molecule has 2 heterocycles. The number of allylic oxidation sites excluding steroid dienone is 1. The molecule has 9 nitrogen and oxygen atoms in total. The number of aliphatic hydroxyl groups is 1. The van der Waals surface area contributed by atoms with Crippen LogP contribution in [0.3, 0.4) is 0 Å². The van der Waals surface area contributed by atoms with Crippen LogP contribution in [-0.2, 0) is 23.4 Å². The van der Waals surface area contributed by atoms with Gasteiger partial charge in [0.2, 0.25) is 12.1 Å². The van der Waals surface area contributed by atoms with Crippen molar-refractivity contribution in [3.63, 3.8) is 0 Å². The quantitative estimate of drug-likeness (QED) is 0.264. The Kier molecular flexibility index (Phi) is 7.91. The Labute approximate surface area is 220 Å². The number of phosphoric ester groups is 1. The number of halogens is 4. The second-order valence-electron chi connectivity index (χ2n) is 9.09. The molecule has 2 aliphatic rings. The van der Waals surface area contributed by atoms with Crippen LogP contribution in [0.25, 0.3) is 0 Å². The summed E-state index contributed by atoms with van der Waals surface area (Å²) in [6, 6.07) is 12.0. The Morgan fingerprint density at radius 3 is 2.00 bits per heavy atom. The number of carbonyl (C=O) groups excluding carboxylic acids is 2. The van der Waals surface area contributed by atoms with E-state index in [0.29, 0.717) is 6.20 Å². The Morgan fingerprint density at radius 2 is 1.54 bits per heavy atom. The number of ether oxygens (including phenoxy) is 1. The largest absolute Gasteiger partial charge is 0.587 e. The monoisotopic (exact) mass is 573 g/mol. The summed E-state index contributed by atoms with van der Waals surface area (Å²) in [6.07, 6.45) is -9.09. The number of rotatable bonds is 9. The molecule has 2 aliphatic heterocycles. The van der Waals surface area contributed by atoms with Gasteiger partial charge in [-0.3, -0.25) is 19.0 Å². The summed E-state index contributed by atoms with van der Waals surface area (Å²) in [4.78, 5) is 23.9. The molecule has 4 rings (SSSR count). The highest BCUT2D eigenvalue weighted by atomic mass is 31.2. The number of carbonyl (C=O) groups is 2. The lowest BCUT2D eigenvalue weighted by atomic mass is 9.95. The fourth-order valence-corrected chi connectivity index (χ4v) is 5.13. The number of benzene rings is 2. The molecule has 210 valence electrons. The molecule has 2 aromatic rings. The molecule has 3 atom stereocenters. The number of aliphatic hydroxyl groups excluding tert-OH is 1. The second kappa shape index (κ2) is 10.7. The number of hydrogen-bond donors (Lipinski definition) is 1. The third-order valence-corrected chi connectivity index (χ3v) is 7.38. The SMILES string of the molecule is Cc1ccc(OP(=O)(OC[C@@]2(C(F)F)O[C@@H](N3C=CC(=O)CC3=O)C(F)(F)[C@@H]2O)Oc2ccc(C)cc2)cc1. The maximum atomic E-state index is 15.1. The zero-order valence-electron chi connectivity index (χ0n) is 20.6. The summed E-state index contributed by atoms with van der Waals surface area (Å²) >= 11 is 0. The molecule has 0 saturated carbocycles. The molecule has 14 heteroatoms. The predicted molar refractivity (Wildman–Crippen MR) is 127 cm³/mol. The van der Waals surface area contributed by atoms with E-state index in [1.165, 1.54) is 24.3 Å². The Hall–Kier alpha value is -3.25. The van der Waals surface area contributed by atoms with Crippen molar-refractivity contribution in [2.24, 2.45) is 0 Å². The van der Waals surface area contributed by atoms with Gasteiger partial charge in [0.15, 0.2) is 17.5 Å². The van der Waals surface area contributed by atoms with Gasteiger partial charge in [-0.2, -0.15) is 8.78 Å². The Morgan fingerprint density at radius 1 is 1.03 bits per heavy atom. The minimum atomic E-state index is -4.88. The van der Waals surface area contributed by atoms with Gasteiger partial charge in [-0.25, -0.2) is 13.3 Å². The van der Waals surface area contributed by atoms with E-state index in [4.69, 9.17) is 18.3 Å². The molecule has 2 aromatic carbocycles. The van der Waals surface area contributed by atoms with Crippen LogP contribution in [-0.4, -0.2) is 58.6 Å². The topological polar surface area (TPSA) is 112 Å². The van der Waals surface area contributed by atoms with Gasteiger partial charge in [-0.05, 0) is 44.2 Å². The molecule has 0 spiro atoms. The summed E-state index contributed by atoms with van der Waals surface area (Å²) < 4.78 is 93.3. The van der Waals surface area contributed by atoms with Crippen molar-refractivity contribution in [3.05, 3.63) is 71.9 Å². The molecule has 0 aromatic heterocycles. The molecule has 1 N–H and O–H groups in total. The lowest BCUT2D eigenvalue weighted by molar-refractivity contribution is -0.202. The van der Waals surface area contributed by atoms with E-state index in [-0.39, 0.29) is 16.4 Å². The van der Waals surface area contributed by atoms with E-state index in [1.54, 1.807) is 38.1 Å². The molecule has 0 unspecified atom stereocenters. The predicted octanol–water partition coefficient (Wildman–Crippen LogP) is 4.56. The Balaban J connectivity index is 1.64. The third kappa shape index (κ3) is 5.86. The van der Waals surface area contributed by atoms with Gasteiger partial charge in [-0.1, -0.05) is 35.4 Å². The number of amides is 1. The van der Waals surface area contributed by atoms with Crippen LogP contribution in [0.15, 0.2) is 60.8 Å². The maximum absolute atomic E-state index is 15.1. The van der Waals surface area contributed by atoms with Crippen molar-refractivity contribution >= 4 is 19.5 Å². The summed E-state index contributed by atoms with van der Waals surface area (Å²) in [5.41, 5.74) is -1.84. The van der Waals surface area contributed by atoms with Gasteiger partial charge < -0.3 is 18.9 Å². The number of ketones is 1. The highest BCUT2D eigenvalue weighted by Gasteiger charge is 2.72. The third-order valence-electron chi connectivity index (χ3n) is 6.07. The molecule has 1 saturated heterocycles. The number of aryl methyl sites for hydroxylation is 2. The van der Waals surface area contributed by atoms with E-state index in [0.717, 1.165) is 17.2 Å². The first-order valence-corrected chi connectivity index (χ1v) is 13.0. The standard InChI is InChI=1S/C25H24F4NO8P/c1-15-3-7-18(8-4-15)37-39(34,38-19-9-5-16(2)6-10-19)35-14-24(22(26)27)21(33)25(28,29)23(36-24)30-12-11-17(31)13-20(30)32/h3-12,21-23,33H,13-14H2,1-2H3/t21-,23-,24-/m1/s1. The highest BCUT2D eigenvalue weighted by molar-refractivity contribution is 7.49. The molecular formula is C25H24F4NO8P. The zero-order valence-corrected chi connectivity index (χ0v) is 21.5. The Bertz CT molecular complexity index is 1250. The van der Waals surface area contributed by atoms with Gasteiger partial charge in [0.25, 0.3) is 6.43 Å². The van der Waals surface area contributed by atoms with Crippen LogP contribution in [0.4, 0.5) is 17.6 Å². The first-order chi connectivity index (χ1) is 18.3. The zero-order chi connectivity index (χ0) is 28.6. The molecule has 0 bridgehead atoms. The summed E-state index contributed by atoms with van der Waals surface area (Å²) in [6.45, 7) is 1.95. The minimum absolute atomic E-state index is 0.0491. The number of hydrogen-bond acceptors (Lipinski definition) is 8. The molecule has 0 aliphatic carbocycles. The van der Waals surface area contributed by atoms with Crippen molar-refractivity contribution in [3.8, 4) is 11.5 Å². The van der Waals surface area contributed by atoms with E-state index in [2.05, 4.69) is 0 Å². The lowest BCUT2D eigenvalue weighted by Crippen LogP contribution is -2.54. The first-order valence-electron chi connectivity index (χ1n) is 11.6. The van der Waals surface area contributed by atoms with Crippen molar-refractivity contribution in [2.45, 2.75) is 50.5 Å². The number of alkyl halides is 4. The van der Waals surface area contributed by atoms with Gasteiger partial charge in [0.05, 0.1) is 13.0 Å². The van der Waals surface area contributed by atoms with Gasteiger partial charge >= 0.3 is 13.7 Å². The van der Waals surface area contributed by atoms with Crippen LogP contribution >= 0.6 is 7.82 Å². The van der Waals surface area contributed by atoms with Gasteiger partial charge in [0, 0.05) is 6.20 Å². The fourth-order valence-electron chi connectivity index (χ4n) is 3.86. The molecule has 1 fully saturated rings. The smallest absolute Gasteiger partial charge is 0.395 e. The van der Waals surface area contributed by atoms with Crippen LogP contribution in [0.2, 0.25) is 0 Å². The molecular weight excluding hydrogens is 549 g/mol. The summed E-state index contributed by atoms with van der Waals surface area (Å²) in [5, 5.41) is 10.4. The molecule has 0 radical (unpaired) electrons. The van der Waals surface area contributed by atoms with Crippen molar-refractivity contribution in [2.75, 3.05) is 6.61 Å². The summed E-state index contributed by atoms with van der Waals surface area (Å²) in [5.74, 6) is -6.39. The van der Waals surface area contributed by atoms with Crippen molar-refractivity contribution in [1.29, 1.82) is 0 Å². The first kappa shape index (κ1) is 28.8. The lowest BCUT2D eigenvalue weighted by Gasteiger charge is -2.32. The van der Waals surface area contributed by atoms with E-state index >= 15 is 8.78 Å². The highest BCUT2D eigenvalue weighted by Crippen LogP contribution is 2.53. The van der Waals surface area contributed by atoms with Crippen molar-refractivity contribution in [1.82, 2.24) is 4.90 Å². The average molecular weight is 573 g/mol. The van der Waals surface area contributed by atoms with E-state index in [9.17, 15) is 28.0 Å². The molecule has 1 amide bonds. The van der Waals surface area contributed by atoms with E-state index < -0.39 is 62.8 Å². The average Bonchev–Trinajstić information content (AvgIpc) is 3.07. The fraction of sp³-hybridized carbons (Fsp3) is 0.360. The van der Waals surface area contributed by atoms with Gasteiger partial charge in [0.1, 0.15) is 11.5 Å². The summed E-state index contributed by atoms with van der Waals surface area (Å²) in [7, 11) is -4.88. The minimum Gasteiger partial charge on any atom is -0.395 e. The van der Waals surface area contributed by atoms with Crippen LogP contribution in [0.5, 0.6) is 11.5 Å². The van der Waals surface area contributed by atoms with Crippen molar-refractivity contribution < 1.29 is 55.1 Å². The van der Waals surface area contributed by atoms with Crippen LogP contribution in [0.1, 0.15) is 17.5 Å². The van der Waals surface area contributed by atoms with Crippen LogP contribution in [0, 0.1) is 13.8 Å². The normalized spacial score (nSPS) is 24.9. The van der Waals surface area contributed by atoms with Crippen LogP contribution < -0.4 is 9.05 Å².